The van der Waals surface area contributed by atoms with Gasteiger partial charge in [0.25, 0.3) is 11.5 Å². The molecule has 1 atom stereocenters. The Labute approximate surface area is 165 Å². The minimum atomic E-state index is -0.265. The van der Waals surface area contributed by atoms with Gasteiger partial charge >= 0.3 is 0 Å². The summed E-state index contributed by atoms with van der Waals surface area (Å²) in [7, 11) is 1.57. The average Bonchev–Trinajstić information content (AvgIpc) is 3.32. The summed E-state index contributed by atoms with van der Waals surface area (Å²) in [4.78, 5) is 31.2. The number of aromatic nitrogens is 2. The Morgan fingerprint density at radius 1 is 1.46 bits per heavy atom. The van der Waals surface area contributed by atoms with Gasteiger partial charge in [0.1, 0.15) is 10.6 Å². The van der Waals surface area contributed by atoms with Crippen LogP contribution in [-0.4, -0.2) is 35.3 Å². The third kappa shape index (κ3) is 3.53. The van der Waals surface area contributed by atoms with Gasteiger partial charge in [0.15, 0.2) is 0 Å². The lowest BCUT2D eigenvalue weighted by Gasteiger charge is -2.11. The predicted octanol–water partition coefficient (Wildman–Crippen LogP) is 3.21. The van der Waals surface area contributed by atoms with E-state index in [-0.39, 0.29) is 17.6 Å². The van der Waals surface area contributed by atoms with E-state index in [1.165, 1.54) is 11.3 Å². The van der Waals surface area contributed by atoms with Gasteiger partial charge in [-0.25, -0.2) is 4.98 Å². The summed E-state index contributed by atoms with van der Waals surface area (Å²) in [6.45, 7) is 3.02. The van der Waals surface area contributed by atoms with E-state index in [1.54, 1.807) is 49.2 Å². The van der Waals surface area contributed by atoms with Crippen molar-refractivity contribution >= 4 is 33.1 Å². The smallest absolute Gasteiger partial charge is 0.266 e. The zero-order chi connectivity index (χ0) is 19.7. The second kappa shape index (κ2) is 7.73. The molecule has 0 bridgehead atoms. The van der Waals surface area contributed by atoms with Gasteiger partial charge in [-0.1, -0.05) is 6.07 Å². The van der Waals surface area contributed by atoms with E-state index in [0.717, 1.165) is 19.4 Å². The third-order valence-corrected chi connectivity index (χ3v) is 6.07. The van der Waals surface area contributed by atoms with Crippen molar-refractivity contribution < 1.29 is 14.3 Å². The number of amides is 1. The number of aryl methyl sites for hydroxylation is 1. The summed E-state index contributed by atoms with van der Waals surface area (Å²) in [5.41, 5.74) is 1.15. The Morgan fingerprint density at radius 3 is 3.07 bits per heavy atom. The zero-order valence-corrected chi connectivity index (χ0v) is 16.5. The summed E-state index contributed by atoms with van der Waals surface area (Å²) >= 11 is 1.23. The molecule has 3 heterocycles. The van der Waals surface area contributed by atoms with Crippen LogP contribution >= 0.6 is 11.3 Å². The number of nitrogens with one attached hydrogen (secondary N) is 1. The molecule has 28 heavy (non-hydrogen) atoms. The van der Waals surface area contributed by atoms with Crippen molar-refractivity contribution in [1.29, 1.82) is 0 Å². The van der Waals surface area contributed by atoms with Crippen molar-refractivity contribution in [3.05, 3.63) is 51.4 Å². The Balaban J connectivity index is 1.64. The number of hydrogen-bond donors (Lipinski definition) is 1. The molecule has 1 amide bonds. The first-order valence-electron chi connectivity index (χ1n) is 9.12. The fraction of sp³-hybridized carbons (Fsp3) is 0.350. The zero-order valence-electron chi connectivity index (χ0n) is 15.7. The average molecular weight is 399 g/mol. The maximum atomic E-state index is 12.9. The van der Waals surface area contributed by atoms with E-state index in [0.29, 0.717) is 38.6 Å². The molecule has 3 aromatic rings. The van der Waals surface area contributed by atoms with Crippen molar-refractivity contribution in [3.8, 4) is 5.75 Å². The molecular weight excluding hydrogens is 378 g/mol. The van der Waals surface area contributed by atoms with Crippen molar-refractivity contribution in [1.82, 2.24) is 9.55 Å². The summed E-state index contributed by atoms with van der Waals surface area (Å²) < 4.78 is 12.4. The van der Waals surface area contributed by atoms with Gasteiger partial charge in [0.05, 0.1) is 36.3 Å². The number of benzene rings is 1. The van der Waals surface area contributed by atoms with Gasteiger partial charge in [-0.2, -0.15) is 0 Å². The van der Waals surface area contributed by atoms with E-state index in [9.17, 15) is 9.59 Å². The van der Waals surface area contributed by atoms with Gasteiger partial charge in [-0.05, 0) is 37.5 Å². The molecule has 1 fully saturated rings. The molecule has 2 aromatic heterocycles. The summed E-state index contributed by atoms with van der Waals surface area (Å²) in [6.07, 6.45) is 3.56. The van der Waals surface area contributed by atoms with E-state index in [1.807, 2.05) is 0 Å². The Bertz CT molecular complexity index is 1080. The molecule has 7 nitrogen and oxygen atoms in total. The minimum absolute atomic E-state index is 0.0479. The normalized spacial score (nSPS) is 16.4. The highest BCUT2D eigenvalue weighted by Crippen LogP contribution is 2.28. The number of methoxy groups -OCH3 is 1. The van der Waals surface area contributed by atoms with Crippen molar-refractivity contribution in [2.45, 2.75) is 32.4 Å². The second-order valence-corrected chi connectivity index (χ2v) is 7.76. The Kier molecular flexibility index (Phi) is 5.15. The number of nitrogens with zero attached hydrogens (tertiary/aromatic N) is 2. The number of carbonyl (C=O) groups excluding carboxylic acids is 1. The molecule has 0 radical (unpaired) electrons. The van der Waals surface area contributed by atoms with Crippen LogP contribution in [0.4, 0.5) is 5.69 Å². The molecule has 0 spiro atoms. The van der Waals surface area contributed by atoms with Crippen molar-refractivity contribution in [2.24, 2.45) is 0 Å². The largest absolute Gasteiger partial charge is 0.497 e. The van der Waals surface area contributed by atoms with E-state index in [4.69, 9.17) is 9.47 Å². The molecule has 0 saturated carbocycles. The van der Waals surface area contributed by atoms with E-state index >= 15 is 0 Å². The lowest BCUT2D eigenvalue weighted by molar-refractivity contribution is 0.0960. The summed E-state index contributed by atoms with van der Waals surface area (Å²) in [6, 6.07) is 7.14. The number of rotatable bonds is 5. The van der Waals surface area contributed by atoms with Crippen LogP contribution < -0.4 is 15.6 Å². The monoisotopic (exact) mass is 399 g/mol. The molecule has 0 unspecified atom stereocenters. The molecule has 4 rings (SSSR count). The van der Waals surface area contributed by atoms with Crippen LogP contribution in [0.15, 0.2) is 35.4 Å². The van der Waals surface area contributed by atoms with E-state index < -0.39 is 0 Å². The van der Waals surface area contributed by atoms with Gasteiger partial charge in [0, 0.05) is 18.4 Å². The van der Waals surface area contributed by atoms with Gasteiger partial charge < -0.3 is 14.8 Å². The van der Waals surface area contributed by atoms with Gasteiger partial charge in [-0.3, -0.25) is 14.2 Å². The molecule has 146 valence electrons. The molecule has 0 aliphatic carbocycles. The predicted molar refractivity (Wildman–Crippen MR) is 109 cm³/mol. The lowest BCUT2D eigenvalue weighted by Crippen LogP contribution is -2.26. The number of fused-ring (bicyclic) bond motifs is 1. The van der Waals surface area contributed by atoms with Crippen molar-refractivity contribution in [2.75, 3.05) is 19.0 Å². The molecule has 1 N–H and O–H groups in total. The first-order chi connectivity index (χ1) is 13.6. The molecule has 1 aliphatic rings. The molecule has 1 aliphatic heterocycles. The Morgan fingerprint density at radius 2 is 2.32 bits per heavy atom. The molecular formula is C20H21N3O4S. The van der Waals surface area contributed by atoms with Crippen LogP contribution in [0, 0.1) is 6.92 Å². The number of anilines is 1. The van der Waals surface area contributed by atoms with Gasteiger partial charge in [-0.15, -0.1) is 11.3 Å². The van der Waals surface area contributed by atoms with Crippen LogP contribution in [0.1, 0.15) is 28.1 Å². The van der Waals surface area contributed by atoms with E-state index in [2.05, 4.69) is 10.3 Å². The van der Waals surface area contributed by atoms with Gasteiger partial charge in [0.2, 0.25) is 0 Å². The molecule has 8 heteroatoms. The first-order valence-corrected chi connectivity index (χ1v) is 9.94. The highest BCUT2D eigenvalue weighted by molar-refractivity contribution is 7.20. The Hall–Kier alpha value is -2.71. The number of carbonyl (C=O) groups is 1. The molecule has 1 aromatic carbocycles. The topological polar surface area (TPSA) is 82.4 Å². The minimum Gasteiger partial charge on any atom is -0.497 e. The molecule has 1 saturated heterocycles. The number of hydrogen-bond acceptors (Lipinski definition) is 6. The number of thiophene rings is 1. The first kappa shape index (κ1) is 18.6. The fourth-order valence-electron chi connectivity index (χ4n) is 3.40. The SMILES string of the molecule is COc1cccc(NC(=O)c2sc3ncn(C[C@@H]4CCCO4)c(=O)c3c2C)c1. The maximum absolute atomic E-state index is 12.9. The maximum Gasteiger partial charge on any atom is 0.266 e. The summed E-state index contributed by atoms with van der Waals surface area (Å²) in [5, 5.41) is 3.36. The fourth-order valence-corrected chi connectivity index (χ4v) is 4.44. The third-order valence-electron chi connectivity index (χ3n) is 4.88. The van der Waals surface area contributed by atoms with Crippen LogP contribution in [0.25, 0.3) is 10.2 Å². The quantitative estimate of drug-likeness (QED) is 0.712. The second-order valence-electron chi connectivity index (χ2n) is 6.76. The highest BCUT2D eigenvalue weighted by Gasteiger charge is 2.22. The lowest BCUT2D eigenvalue weighted by atomic mass is 10.2. The highest BCUT2D eigenvalue weighted by atomic mass is 32.1. The van der Waals surface area contributed by atoms with Crippen LogP contribution in [0.2, 0.25) is 0 Å². The summed E-state index contributed by atoms with van der Waals surface area (Å²) in [5.74, 6) is 0.392. The van der Waals surface area contributed by atoms with Crippen LogP contribution in [0.3, 0.4) is 0 Å². The van der Waals surface area contributed by atoms with Crippen LogP contribution in [-0.2, 0) is 11.3 Å². The standard InChI is InChI=1S/C20H21N3O4S/c1-12-16-19(21-11-23(20(16)25)10-15-7-4-8-27-15)28-17(12)18(24)22-13-5-3-6-14(9-13)26-2/h3,5-6,9,11,15H,4,7-8,10H2,1-2H3,(H,22,24)/t15-/m0/s1. The van der Waals surface area contributed by atoms with Crippen LogP contribution in [0.5, 0.6) is 5.75 Å². The number of ether oxygens (including phenoxy) is 2. The van der Waals surface area contributed by atoms with Crippen molar-refractivity contribution in [3.63, 3.8) is 0 Å².